The van der Waals surface area contributed by atoms with Gasteiger partial charge >= 0.3 is 0 Å². The molecule has 0 unspecified atom stereocenters. The molecule has 0 aliphatic heterocycles. The standard InChI is InChI=1S/C18H12ClN3O3S2/c1-9-12(19)4-6-14-16(9)21(2)18(27-14)20-17(23)15-8-10-7-11(22(24)25)3-5-13(10)26-15/h3-8H,1-2H3. The third kappa shape index (κ3) is 3.05. The minimum Gasteiger partial charge on any atom is -0.319 e. The number of fused-ring (bicyclic) bond motifs is 2. The van der Waals surface area contributed by atoms with Crippen LogP contribution in [0.2, 0.25) is 5.02 Å². The summed E-state index contributed by atoms with van der Waals surface area (Å²) in [6, 6.07) is 9.95. The summed E-state index contributed by atoms with van der Waals surface area (Å²) in [7, 11) is 1.85. The molecule has 0 saturated carbocycles. The van der Waals surface area contributed by atoms with Gasteiger partial charge in [0.15, 0.2) is 4.80 Å². The molecular weight excluding hydrogens is 406 g/mol. The van der Waals surface area contributed by atoms with E-state index < -0.39 is 4.92 Å². The molecule has 9 heteroatoms. The van der Waals surface area contributed by atoms with Crippen molar-refractivity contribution < 1.29 is 9.72 Å². The number of carbonyl (C=O) groups is 1. The lowest BCUT2D eigenvalue weighted by Crippen LogP contribution is -2.13. The van der Waals surface area contributed by atoms with Gasteiger partial charge in [-0.25, -0.2) is 0 Å². The number of nitrogens with zero attached hydrogens (tertiary/aromatic N) is 3. The van der Waals surface area contributed by atoms with Crippen molar-refractivity contribution in [3.05, 3.63) is 66.8 Å². The third-order valence-electron chi connectivity index (χ3n) is 4.27. The predicted molar refractivity (Wildman–Crippen MR) is 109 cm³/mol. The number of non-ortho nitro benzene ring substituents is 1. The summed E-state index contributed by atoms with van der Waals surface area (Å²) >= 11 is 8.89. The van der Waals surface area contributed by atoms with Gasteiger partial charge in [-0.2, -0.15) is 4.99 Å². The number of carbonyl (C=O) groups excluding carboxylic acids is 1. The summed E-state index contributed by atoms with van der Waals surface area (Å²) in [5.74, 6) is -0.371. The van der Waals surface area contributed by atoms with E-state index in [2.05, 4.69) is 4.99 Å². The topological polar surface area (TPSA) is 77.5 Å². The van der Waals surface area contributed by atoms with E-state index in [0.29, 0.717) is 20.1 Å². The van der Waals surface area contributed by atoms with E-state index in [1.54, 1.807) is 12.1 Å². The molecule has 0 aliphatic rings. The van der Waals surface area contributed by atoms with Crippen LogP contribution in [-0.4, -0.2) is 15.4 Å². The molecule has 0 spiro atoms. The Morgan fingerprint density at radius 3 is 2.67 bits per heavy atom. The number of thiophene rings is 1. The van der Waals surface area contributed by atoms with E-state index >= 15 is 0 Å². The molecule has 4 aromatic rings. The Kier molecular flexibility index (Phi) is 4.33. The first-order valence-electron chi connectivity index (χ1n) is 7.87. The second-order valence-electron chi connectivity index (χ2n) is 5.97. The average molecular weight is 418 g/mol. The first-order chi connectivity index (χ1) is 12.8. The highest BCUT2D eigenvalue weighted by Crippen LogP contribution is 2.30. The maximum Gasteiger partial charge on any atom is 0.289 e. The molecule has 0 radical (unpaired) electrons. The fourth-order valence-corrected chi connectivity index (χ4v) is 5.06. The molecule has 2 aromatic carbocycles. The van der Waals surface area contributed by atoms with Gasteiger partial charge in [0.05, 0.1) is 20.0 Å². The largest absolute Gasteiger partial charge is 0.319 e. The minimum absolute atomic E-state index is 0.000465. The van der Waals surface area contributed by atoms with Crippen molar-refractivity contribution in [2.75, 3.05) is 0 Å². The second-order valence-corrected chi connectivity index (χ2v) is 8.47. The molecule has 0 atom stereocenters. The van der Waals surface area contributed by atoms with Crippen molar-refractivity contribution in [2.45, 2.75) is 6.92 Å². The first kappa shape index (κ1) is 17.8. The quantitative estimate of drug-likeness (QED) is 0.337. The monoisotopic (exact) mass is 417 g/mol. The van der Waals surface area contributed by atoms with Crippen LogP contribution < -0.4 is 4.80 Å². The van der Waals surface area contributed by atoms with Crippen LogP contribution >= 0.6 is 34.3 Å². The molecule has 1 amide bonds. The number of hydrogen-bond donors (Lipinski definition) is 0. The molecule has 2 aromatic heterocycles. The zero-order chi connectivity index (χ0) is 19.3. The van der Waals surface area contributed by atoms with E-state index in [0.717, 1.165) is 20.5 Å². The Morgan fingerprint density at radius 1 is 1.19 bits per heavy atom. The lowest BCUT2D eigenvalue weighted by atomic mass is 10.2. The Bertz CT molecular complexity index is 1320. The van der Waals surface area contributed by atoms with Crippen LogP contribution in [0.3, 0.4) is 0 Å². The number of halogens is 1. The van der Waals surface area contributed by atoms with Crippen molar-refractivity contribution in [1.82, 2.24) is 4.57 Å². The van der Waals surface area contributed by atoms with Gasteiger partial charge in [0.1, 0.15) is 0 Å². The molecule has 0 aliphatic carbocycles. The SMILES string of the molecule is Cc1c(Cl)ccc2sc(=NC(=O)c3cc4cc([N+](=O)[O-])ccc4s3)n(C)c12. The Balaban J connectivity index is 1.80. The van der Waals surface area contributed by atoms with E-state index in [9.17, 15) is 14.9 Å². The molecule has 2 heterocycles. The Hall–Kier alpha value is -2.55. The van der Waals surface area contributed by atoms with Crippen molar-refractivity contribution in [2.24, 2.45) is 12.0 Å². The zero-order valence-corrected chi connectivity index (χ0v) is 16.6. The van der Waals surface area contributed by atoms with Crippen LogP contribution in [0, 0.1) is 17.0 Å². The Morgan fingerprint density at radius 2 is 1.93 bits per heavy atom. The average Bonchev–Trinajstić information content (AvgIpc) is 3.19. The molecule has 0 bridgehead atoms. The number of amides is 1. The minimum atomic E-state index is -0.451. The van der Waals surface area contributed by atoms with Gasteiger partial charge in [-0.1, -0.05) is 22.9 Å². The number of aryl methyl sites for hydroxylation is 2. The summed E-state index contributed by atoms with van der Waals surface area (Å²) in [6.45, 7) is 1.93. The molecule has 0 fully saturated rings. The summed E-state index contributed by atoms with van der Waals surface area (Å²) in [5, 5.41) is 12.2. The number of hydrogen-bond acceptors (Lipinski definition) is 5. The molecule has 0 saturated heterocycles. The normalized spacial score (nSPS) is 12.2. The molecule has 4 rings (SSSR count). The highest BCUT2D eigenvalue weighted by Gasteiger charge is 2.14. The smallest absolute Gasteiger partial charge is 0.289 e. The van der Waals surface area contributed by atoms with Gasteiger partial charge in [0.2, 0.25) is 0 Å². The first-order valence-corrected chi connectivity index (χ1v) is 9.88. The fourth-order valence-electron chi connectivity index (χ4n) is 2.90. The fraction of sp³-hybridized carbons (Fsp3) is 0.111. The van der Waals surface area contributed by atoms with Crippen LogP contribution in [0.15, 0.2) is 41.4 Å². The highest BCUT2D eigenvalue weighted by atomic mass is 35.5. The van der Waals surface area contributed by atoms with Crippen LogP contribution in [-0.2, 0) is 7.05 Å². The molecular formula is C18H12ClN3O3S2. The lowest BCUT2D eigenvalue weighted by molar-refractivity contribution is -0.384. The number of thiazole rings is 1. The van der Waals surface area contributed by atoms with Crippen LogP contribution in [0.25, 0.3) is 20.3 Å². The predicted octanol–water partition coefficient (Wildman–Crippen LogP) is 5.07. The molecule has 6 nitrogen and oxygen atoms in total. The van der Waals surface area contributed by atoms with E-state index in [-0.39, 0.29) is 11.6 Å². The highest BCUT2D eigenvalue weighted by molar-refractivity contribution is 7.21. The van der Waals surface area contributed by atoms with Crippen molar-refractivity contribution in [3.8, 4) is 0 Å². The summed E-state index contributed by atoms with van der Waals surface area (Å²) in [5.41, 5.74) is 1.89. The maximum absolute atomic E-state index is 12.7. The van der Waals surface area contributed by atoms with Gasteiger partial charge in [0.25, 0.3) is 11.6 Å². The molecule has 136 valence electrons. The summed E-state index contributed by atoms with van der Waals surface area (Å²) < 4.78 is 3.66. The van der Waals surface area contributed by atoms with Gasteiger partial charge in [0, 0.05) is 34.3 Å². The zero-order valence-electron chi connectivity index (χ0n) is 14.2. The Labute approximate surface area is 166 Å². The van der Waals surface area contributed by atoms with Gasteiger partial charge in [-0.15, -0.1) is 11.3 Å². The third-order valence-corrected chi connectivity index (χ3v) is 6.88. The van der Waals surface area contributed by atoms with Crippen LogP contribution in [0.4, 0.5) is 5.69 Å². The van der Waals surface area contributed by atoms with Crippen molar-refractivity contribution in [3.63, 3.8) is 0 Å². The van der Waals surface area contributed by atoms with Gasteiger partial charge in [-0.3, -0.25) is 14.9 Å². The van der Waals surface area contributed by atoms with Gasteiger partial charge < -0.3 is 4.57 Å². The molecule has 0 N–H and O–H groups in total. The van der Waals surface area contributed by atoms with E-state index in [1.807, 2.05) is 30.7 Å². The van der Waals surface area contributed by atoms with Crippen LogP contribution in [0.5, 0.6) is 0 Å². The van der Waals surface area contributed by atoms with Gasteiger partial charge in [-0.05, 0) is 36.8 Å². The number of aromatic nitrogens is 1. The van der Waals surface area contributed by atoms with Crippen molar-refractivity contribution in [1.29, 1.82) is 0 Å². The van der Waals surface area contributed by atoms with E-state index in [4.69, 9.17) is 11.6 Å². The second kappa shape index (κ2) is 6.56. The maximum atomic E-state index is 12.7. The number of nitro groups is 1. The summed E-state index contributed by atoms with van der Waals surface area (Å²) in [6.07, 6.45) is 0. The number of nitro benzene ring substituents is 1. The van der Waals surface area contributed by atoms with E-state index in [1.165, 1.54) is 34.8 Å². The lowest BCUT2D eigenvalue weighted by Gasteiger charge is -2.01. The summed E-state index contributed by atoms with van der Waals surface area (Å²) in [4.78, 5) is 28.4. The van der Waals surface area contributed by atoms with Crippen molar-refractivity contribution >= 4 is 66.2 Å². The number of rotatable bonds is 2. The molecule has 27 heavy (non-hydrogen) atoms. The van der Waals surface area contributed by atoms with Crippen LogP contribution in [0.1, 0.15) is 15.2 Å². The number of benzene rings is 2.